The van der Waals surface area contributed by atoms with E-state index in [0.29, 0.717) is 5.02 Å². The summed E-state index contributed by atoms with van der Waals surface area (Å²) in [7, 11) is 0. The van der Waals surface area contributed by atoms with Crippen molar-refractivity contribution in [3.8, 4) is 11.4 Å². The van der Waals surface area contributed by atoms with E-state index >= 15 is 0 Å². The molecule has 18 heavy (non-hydrogen) atoms. The number of fused-ring (bicyclic) bond motifs is 1. The van der Waals surface area contributed by atoms with Gasteiger partial charge >= 0.3 is 0 Å². The molecule has 3 rings (SSSR count). The Morgan fingerprint density at radius 2 is 2.00 bits per heavy atom. The smallest absolute Gasteiger partial charge is 0.139 e. The Hall–Kier alpha value is -0.590. The van der Waals surface area contributed by atoms with E-state index in [0.717, 1.165) is 30.5 Å². The SMILES string of the molecule is Clc1cc(I)c(Br)c(-c2nc3ccccc3[nH]2)c1. The van der Waals surface area contributed by atoms with Crippen LogP contribution in [0.15, 0.2) is 40.9 Å². The van der Waals surface area contributed by atoms with Gasteiger partial charge in [-0.05, 0) is 62.8 Å². The maximum atomic E-state index is 6.10. The van der Waals surface area contributed by atoms with Gasteiger partial charge in [0.25, 0.3) is 0 Å². The zero-order valence-corrected chi connectivity index (χ0v) is 13.5. The van der Waals surface area contributed by atoms with Crippen LogP contribution < -0.4 is 0 Å². The molecule has 1 heterocycles. The van der Waals surface area contributed by atoms with E-state index in [9.17, 15) is 0 Å². The lowest BCUT2D eigenvalue weighted by Gasteiger charge is -2.04. The van der Waals surface area contributed by atoms with Crippen LogP contribution in [-0.2, 0) is 0 Å². The average Bonchev–Trinajstić information content (AvgIpc) is 2.77. The third kappa shape index (κ3) is 2.17. The van der Waals surface area contributed by atoms with Gasteiger partial charge in [-0.3, -0.25) is 0 Å². The first-order chi connectivity index (χ1) is 8.65. The van der Waals surface area contributed by atoms with Gasteiger partial charge in [0.2, 0.25) is 0 Å². The number of rotatable bonds is 1. The fourth-order valence-electron chi connectivity index (χ4n) is 1.81. The van der Waals surface area contributed by atoms with Crippen LogP contribution >= 0.6 is 50.1 Å². The lowest BCUT2D eigenvalue weighted by atomic mass is 10.2. The summed E-state index contributed by atoms with van der Waals surface area (Å²) < 4.78 is 2.07. The van der Waals surface area contributed by atoms with Gasteiger partial charge in [-0.1, -0.05) is 23.7 Å². The third-order valence-corrected chi connectivity index (χ3v) is 5.30. The van der Waals surface area contributed by atoms with Gasteiger partial charge < -0.3 is 4.98 Å². The van der Waals surface area contributed by atoms with Gasteiger partial charge in [0.15, 0.2) is 0 Å². The van der Waals surface area contributed by atoms with Gasteiger partial charge in [-0.2, -0.15) is 0 Å². The van der Waals surface area contributed by atoms with Crippen LogP contribution in [0, 0.1) is 3.57 Å². The number of hydrogen-bond donors (Lipinski definition) is 1. The molecule has 0 saturated carbocycles. The molecular weight excluding hydrogens is 426 g/mol. The number of imidazole rings is 1. The van der Waals surface area contributed by atoms with Crippen LogP contribution in [0.25, 0.3) is 22.4 Å². The Bertz CT molecular complexity index is 706. The summed E-state index contributed by atoms with van der Waals surface area (Å²) in [5.41, 5.74) is 2.95. The van der Waals surface area contributed by atoms with Crippen molar-refractivity contribution < 1.29 is 0 Å². The summed E-state index contributed by atoms with van der Waals surface area (Å²) in [5, 5.41) is 0.707. The highest BCUT2D eigenvalue weighted by molar-refractivity contribution is 14.1. The molecule has 0 atom stereocenters. The summed E-state index contributed by atoms with van der Waals surface area (Å²) in [5.74, 6) is 0.823. The molecule has 0 aliphatic rings. The Morgan fingerprint density at radius 3 is 2.78 bits per heavy atom. The first-order valence-electron chi connectivity index (χ1n) is 5.25. The van der Waals surface area contributed by atoms with Crippen molar-refractivity contribution in [3.63, 3.8) is 0 Å². The third-order valence-electron chi connectivity index (χ3n) is 2.64. The lowest BCUT2D eigenvalue weighted by molar-refractivity contribution is 1.32. The zero-order chi connectivity index (χ0) is 12.7. The molecule has 0 aliphatic carbocycles. The first-order valence-corrected chi connectivity index (χ1v) is 7.50. The molecule has 0 aliphatic heterocycles. The summed E-state index contributed by atoms with van der Waals surface area (Å²) in [4.78, 5) is 7.88. The number of nitrogens with one attached hydrogen (secondary N) is 1. The number of aromatic nitrogens is 2. The second-order valence-corrected chi connectivity index (χ2v) is 6.24. The molecular formula is C13H7BrClIN2. The van der Waals surface area contributed by atoms with Crippen molar-refractivity contribution in [3.05, 3.63) is 49.5 Å². The van der Waals surface area contributed by atoms with E-state index in [2.05, 4.69) is 48.5 Å². The minimum atomic E-state index is 0.707. The maximum absolute atomic E-state index is 6.10. The van der Waals surface area contributed by atoms with Crippen LogP contribution in [-0.4, -0.2) is 9.97 Å². The molecule has 1 N–H and O–H groups in total. The van der Waals surface area contributed by atoms with E-state index in [1.807, 2.05) is 36.4 Å². The number of nitrogens with zero attached hydrogens (tertiary/aromatic N) is 1. The van der Waals surface area contributed by atoms with Crippen molar-refractivity contribution in [1.29, 1.82) is 0 Å². The highest BCUT2D eigenvalue weighted by Gasteiger charge is 2.12. The van der Waals surface area contributed by atoms with E-state index < -0.39 is 0 Å². The fraction of sp³-hybridized carbons (Fsp3) is 0. The molecule has 1 aromatic heterocycles. The van der Waals surface area contributed by atoms with Crippen LogP contribution in [0.4, 0.5) is 0 Å². The maximum Gasteiger partial charge on any atom is 0.139 e. The van der Waals surface area contributed by atoms with E-state index in [-0.39, 0.29) is 0 Å². The molecule has 5 heteroatoms. The second-order valence-electron chi connectivity index (χ2n) is 3.85. The molecule has 0 spiro atoms. The van der Waals surface area contributed by atoms with Gasteiger partial charge in [0, 0.05) is 18.6 Å². The van der Waals surface area contributed by atoms with Crippen molar-refractivity contribution in [1.82, 2.24) is 9.97 Å². The average molecular weight is 433 g/mol. The minimum Gasteiger partial charge on any atom is -0.338 e. The molecule has 0 radical (unpaired) electrons. The fourth-order valence-corrected chi connectivity index (χ4v) is 3.25. The van der Waals surface area contributed by atoms with Crippen molar-refractivity contribution >= 4 is 61.2 Å². The highest BCUT2D eigenvalue weighted by Crippen LogP contribution is 2.34. The predicted octanol–water partition coefficient (Wildman–Crippen LogP) is 5.25. The molecule has 0 amide bonds. The van der Waals surface area contributed by atoms with Crippen molar-refractivity contribution in [2.24, 2.45) is 0 Å². The molecule has 2 aromatic carbocycles. The number of aromatic amines is 1. The zero-order valence-electron chi connectivity index (χ0n) is 9.05. The number of hydrogen-bond acceptors (Lipinski definition) is 1. The van der Waals surface area contributed by atoms with Crippen molar-refractivity contribution in [2.45, 2.75) is 0 Å². The topological polar surface area (TPSA) is 28.7 Å². The highest BCUT2D eigenvalue weighted by atomic mass is 127. The van der Waals surface area contributed by atoms with Gasteiger partial charge in [0.1, 0.15) is 5.82 Å². The lowest BCUT2D eigenvalue weighted by Crippen LogP contribution is -1.86. The summed E-state index contributed by atoms with van der Waals surface area (Å²) in [6, 6.07) is 11.8. The first kappa shape index (κ1) is 12.4. The largest absolute Gasteiger partial charge is 0.338 e. The number of H-pyrrole nitrogens is 1. The van der Waals surface area contributed by atoms with E-state index in [1.54, 1.807) is 0 Å². The van der Waals surface area contributed by atoms with Crippen molar-refractivity contribution in [2.75, 3.05) is 0 Å². The normalized spacial score (nSPS) is 11.1. The monoisotopic (exact) mass is 432 g/mol. The van der Waals surface area contributed by atoms with Crippen LogP contribution in [0.3, 0.4) is 0 Å². The van der Waals surface area contributed by atoms with E-state index in [1.165, 1.54) is 0 Å². The Morgan fingerprint density at radius 1 is 1.22 bits per heavy atom. The summed E-state index contributed by atoms with van der Waals surface area (Å²) in [6.45, 7) is 0. The summed E-state index contributed by atoms with van der Waals surface area (Å²) in [6.07, 6.45) is 0. The number of halogens is 3. The molecule has 3 aromatic rings. The van der Waals surface area contributed by atoms with Crippen LogP contribution in [0.1, 0.15) is 0 Å². The second kappa shape index (κ2) is 4.83. The summed E-state index contributed by atoms with van der Waals surface area (Å²) >= 11 is 11.9. The van der Waals surface area contributed by atoms with Gasteiger partial charge in [-0.15, -0.1) is 0 Å². The Kier molecular flexibility index (Phi) is 3.34. The van der Waals surface area contributed by atoms with Crippen LogP contribution in [0.5, 0.6) is 0 Å². The van der Waals surface area contributed by atoms with E-state index in [4.69, 9.17) is 11.6 Å². The molecule has 90 valence electrons. The predicted molar refractivity (Wildman–Crippen MR) is 87.0 cm³/mol. The molecule has 0 bridgehead atoms. The number of para-hydroxylation sites is 2. The molecule has 0 fully saturated rings. The standard InChI is InChI=1S/C13H7BrClIN2/c14-12-8(5-7(15)6-9(12)16)13-17-10-3-1-2-4-11(10)18-13/h1-6H,(H,17,18). The molecule has 2 nitrogen and oxygen atoms in total. The number of benzene rings is 2. The molecule has 0 unspecified atom stereocenters. The van der Waals surface area contributed by atoms with Gasteiger partial charge in [-0.25, -0.2) is 4.98 Å². The van der Waals surface area contributed by atoms with Crippen LogP contribution in [0.2, 0.25) is 5.02 Å². The van der Waals surface area contributed by atoms with Gasteiger partial charge in [0.05, 0.1) is 11.0 Å². The Balaban J connectivity index is 2.26. The molecule has 0 saturated heterocycles. The Labute approximate surface area is 131 Å². The quantitative estimate of drug-likeness (QED) is 0.412. The minimum absolute atomic E-state index is 0.707.